The molecule has 1 aromatic heterocycles. The average molecular weight is 312 g/mol. The second kappa shape index (κ2) is 6.14. The number of aromatic nitrogens is 2. The number of nitrogens with two attached hydrogens (primary N) is 1. The van der Waals surface area contributed by atoms with Crippen molar-refractivity contribution in [1.29, 1.82) is 0 Å². The highest BCUT2D eigenvalue weighted by atomic mass is 16.5. The van der Waals surface area contributed by atoms with E-state index in [1.807, 2.05) is 18.2 Å². The fourth-order valence-corrected chi connectivity index (χ4v) is 3.13. The van der Waals surface area contributed by atoms with E-state index < -0.39 is 0 Å². The number of morpholine rings is 1. The number of hydrogen-bond acceptors (Lipinski definition) is 6. The van der Waals surface area contributed by atoms with Crippen molar-refractivity contribution in [1.82, 2.24) is 9.97 Å². The van der Waals surface area contributed by atoms with Crippen LogP contribution in [0.5, 0.6) is 5.75 Å². The second-order valence-corrected chi connectivity index (χ2v) is 5.83. The summed E-state index contributed by atoms with van der Waals surface area (Å²) in [5, 5.41) is 0. The molecule has 2 aliphatic rings. The van der Waals surface area contributed by atoms with Crippen LogP contribution in [0.15, 0.2) is 30.6 Å². The van der Waals surface area contributed by atoms with Crippen LogP contribution in [0.25, 0.3) is 11.3 Å². The molecular weight excluding hydrogens is 292 g/mol. The van der Waals surface area contributed by atoms with Crippen molar-refractivity contribution >= 4 is 5.82 Å². The van der Waals surface area contributed by atoms with Gasteiger partial charge in [0.2, 0.25) is 0 Å². The maximum atomic E-state index is 6.01. The Balaban J connectivity index is 1.68. The largest absolute Gasteiger partial charge is 0.488 e. The van der Waals surface area contributed by atoms with E-state index in [0.717, 1.165) is 55.5 Å². The molecule has 3 heterocycles. The van der Waals surface area contributed by atoms with Gasteiger partial charge in [-0.2, -0.15) is 0 Å². The standard InChI is InChI=1S/C17H20N4O2/c18-10-13-8-12-2-1-3-14(17(12)23-13)15-9-16(20-11-19-15)21-4-6-22-7-5-21/h1-3,9,11,13H,4-8,10,18H2/t13-/m0/s1. The molecule has 0 amide bonds. The van der Waals surface area contributed by atoms with E-state index >= 15 is 0 Å². The number of nitrogens with zero attached hydrogens (tertiary/aromatic N) is 3. The molecule has 0 saturated carbocycles. The van der Waals surface area contributed by atoms with Crippen molar-refractivity contribution in [2.75, 3.05) is 37.7 Å². The molecule has 2 N–H and O–H groups in total. The normalized spacial score (nSPS) is 20.2. The Morgan fingerprint density at radius 2 is 2.09 bits per heavy atom. The Morgan fingerprint density at radius 1 is 1.22 bits per heavy atom. The third-order valence-electron chi connectivity index (χ3n) is 4.36. The van der Waals surface area contributed by atoms with E-state index in [-0.39, 0.29) is 6.10 Å². The number of ether oxygens (including phenoxy) is 2. The highest BCUT2D eigenvalue weighted by molar-refractivity contribution is 5.72. The minimum absolute atomic E-state index is 0.0618. The zero-order valence-electron chi connectivity index (χ0n) is 12.9. The fourth-order valence-electron chi connectivity index (χ4n) is 3.13. The molecule has 4 rings (SSSR count). The zero-order valence-corrected chi connectivity index (χ0v) is 12.9. The Morgan fingerprint density at radius 3 is 2.91 bits per heavy atom. The van der Waals surface area contributed by atoms with Crippen LogP contribution in [0.1, 0.15) is 5.56 Å². The molecule has 2 aliphatic heterocycles. The van der Waals surface area contributed by atoms with E-state index in [2.05, 4.69) is 20.9 Å². The smallest absolute Gasteiger partial charge is 0.132 e. The first-order chi connectivity index (χ1) is 11.3. The van der Waals surface area contributed by atoms with E-state index in [0.29, 0.717) is 6.54 Å². The molecule has 1 atom stereocenters. The fraction of sp³-hybridized carbons (Fsp3) is 0.412. The molecule has 0 unspecified atom stereocenters. The first-order valence-electron chi connectivity index (χ1n) is 7.99. The number of para-hydroxylation sites is 1. The highest BCUT2D eigenvalue weighted by Crippen LogP contribution is 2.38. The van der Waals surface area contributed by atoms with Gasteiger partial charge in [-0.1, -0.05) is 12.1 Å². The van der Waals surface area contributed by atoms with Gasteiger partial charge in [0, 0.05) is 37.7 Å². The Bertz CT molecular complexity index is 701. The van der Waals surface area contributed by atoms with Gasteiger partial charge >= 0.3 is 0 Å². The molecule has 1 aromatic carbocycles. The summed E-state index contributed by atoms with van der Waals surface area (Å²) in [7, 11) is 0. The first-order valence-corrected chi connectivity index (χ1v) is 7.99. The maximum absolute atomic E-state index is 6.01. The summed E-state index contributed by atoms with van der Waals surface area (Å²) in [6, 6.07) is 8.22. The van der Waals surface area contributed by atoms with Gasteiger partial charge in [0.1, 0.15) is 24.0 Å². The van der Waals surface area contributed by atoms with Crippen LogP contribution in [0, 0.1) is 0 Å². The van der Waals surface area contributed by atoms with Crippen molar-refractivity contribution in [3.8, 4) is 17.0 Å². The average Bonchev–Trinajstić information content (AvgIpc) is 3.06. The molecule has 2 aromatic rings. The van der Waals surface area contributed by atoms with E-state index in [1.54, 1.807) is 6.33 Å². The molecule has 0 radical (unpaired) electrons. The summed E-state index contributed by atoms with van der Waals surface area (Å²) in [4.78, 5) is 11.1. The molecule has 6 heteroatoms. The van der Waals surface area contributed by atoms with Crippen LogP contribution in [0.2, 0.25) is 0 Å². The van der Waals surface area contributed by atoms with Crippen LogP contribution in [0.3, 0.4) is 0 Å². The molecule has 1 fully saturated rings. The van der Waals surface area contributed by atoms with E-state index in [4.69, 9.17) is 15.2 Å². The molecule has 0 aliphatic carbocycles. The predicted molar refractivity (Wildman–Crippen MR) is 87.7 cm³/mol. The van der Waals surface area contributed by atoms with Crippen molar-refractivity contribution < 1.29 is 9.47 Å². The minimum atomic E-state index is 0.0618. The van der Waals surface area contributed by atoms with Gasteiger partial charge in [0.25, 0.3) is 0 Å². The van der Waals surface area contributed by atoms with Gasteiger partial charge in [-0.3, -0.25) is 0 Å². The van der Waals surface area contributed by atoms with Crippen molar-refractivity contribution in [2.45, 2.75) is 12.5 Å². The number of fused-ring (bicyclic) bond motifs is 1. The Labute approximate surface area is 135 Å². The quantitative estimate of drug-likeness (QED) is 0.919. The summed E-state index contributed by atoms with van der Waals surface area (Å²) >= 11 is 0. The van der Waals surface area contributed by atoms with E-state index in [9.17, 15) is 0 Å². The van der Waals surface area contributed by atoms with E-state index in [1.165, 1.54) is 5.56 Å². The van der Waals surface area contributed by atoms with Crippen LogP contribution in [-0.2, 0) is 11.2 Å². The van der Waals surface area contributed by atoms with Gasteiger partial charge in [-0.25, -0.2) is 9.97 Å². The number of hydrogen-bond donors (Lipinski definition) is 1. The van der Waals surface area contributed by atoms with Crippen molar-refractivity contribution in [3.63, 3.8) is 0 Å². The summed E-state index contributed by atoms with van der Waals surface area (Å²) in [5.41, 5.74) is 8.85. The lowest BCUT2D eigenvalue weighted by Crippen LogP contribution is -2.36. The van der Waals surface area contributed by atoms with Crippen molar-refractivity contribution in [3.05, 3.63) is 36.2 Å². The van der Waals surface area contributed by atoms with Crippen LogP contribution in [0.4, 0.5) is 5.82 Å². The molecule has 0 bridgehead atoms. The zero-order chi connectivity index (χ0) is 15.6. The number of benzene rings is 1. The molecule has 23 heavy (non-hydrogen) atoms. The van der Waals surface area contributed by atoms with Gasteiger partial charge in [0.15, 0.2) is 0 Å². The second-order valence-electron chi connectivity index (χ2n) is 5.83. The minimum Gasteiger partial charge on any atom is -0.488 e. The lowest BCUT2D eigenvalue weighted by Gasteiger charge is -2.27. The first kappa shape index (κ1) is 14.4. The predicted octanol–water partition coefficient (Wildman–Crippen LogP) is 1.24. The third-order valence-corrected chi connectivity index (χ3v) is 4.36. The monoisotopic (exact) mass is 312 g/mol. The lowest BCUT2D eigenvalue weighted by atomic mass is 10.0. The number of anilines is 1. The van der Waals surface area contributed by atoms with Crippen LogP contribution < -0.4 is 15.4 Å². The summed E-state index contributed by atoms with van der Waals surface area (Å²) in [6.07, 6.45) is 2.54. The van der Waals surface area contributed by atoms with Gasteiger partial charge in [0.05, 0.1) is 18.9 Å². The summed E-state index contributed by atoms with van der Waals surface area (Å²) in [5.74, 6) is 1.85. The number of rotatable bonds is 3. The molecule has 6 nitrogen and oxygen atoms in total. The molecule has 1 saturated heterocycles. The maximum Gasteiger partial charge on any atom is 0.132 e. The van der Waals surface area contributed by atoms with Crippen LogP contribution in [-0.4, -0.2) is 48.9 Å². The SMILES string of the molecule is NC[C@@H]1Cc2cccc(-c3cc(N4CCOCC4)ncn3)c2O1. The van der Waals surface area contributed by atoms with Gasteiger partial charge in [-0.15, -0.1) is 0 Å². The van der Waals surface area contributed by atoms with Gasteiger partial charge < -0.3 is 20.1 Å². The highest BCUT2D eigenvalue weighted by Gasteiger charge is 2.25. The molecular formula is C17H20N4O2. The lowest BCUT2D eigenvalue weighted by molar-refractivity contribution is 0.122. The third kappa shape index (κ3) is 2.75. The summed E-state index contributed by atoms with van der Waals surface area (Å²) in [6.45, 7) is 3.71. The van der Waals surface area contributed by atoms with Crippen molar-refractivity contribution in [2.24, 2.45) is 5.73 Å². The topological polar surface area (TPSA) is 73.5 Å². The Hall–Kier alpha value is -2.18. The summed E-state index contributed by atoms with van der Waals surface area (Å²) < 4.78 is 11.4. The Kier molecular flexibility index (Phi) is 3.85. The van der Waals surface area contributed by atoms with Crippen LogP contribution >= 0.6 is 0 Å². The van der Waals surface area contributed by atoms with Gasteiger partial charge in [-0.05, 0) is 11.6 Å². The molecule has 0 spiro atoms. The molecule has 120 valence electrons.